The number of piperazine rings is 1. The molecule has 11 heteroatoms. The lowest BCUT2D eigenvalue weighted by Crippen LogP contribution is -2.48. The van der Waals surface area contributed by atoms with Gasteiger partial charge in [-0.15, -0.1) is 0 Å². The lowest BCUT2D eigenvalue weighted by atomic mass is 10.1. The predicted molar refractivity (Wildman–Crippen MR) is 138 cm³/mol. The van der Waals surface area contributed by atoms with Crippen molar-refractivity contribution in [3.05, 3.63) is 44.0 Å². The number of hydrogen-bond acceptors (Lipinski definition) is 7. The predicted octanol–water partition coefficient (Wildman–Crippen LogP) is 3.76. The van der Waals surface area contributed by atoms with E-state index in [0.717, 1.165) is 45.9 Å². The Balaban J connectivity index is 1.39. The van der Waals surface area contributed by atoms with Crippen molar-refractivity contribution in [2.75, 3.05) is 36.4 Å². The van der Waals surface area contributed by atoms with Crippen molar-refractivity contribution in [2.45, 2.75) is 38.6 Å². The molecule has 3 aromatic rings. The van der Waals surface area contributed by atoms with Gasteiger partial charge in [0.1, 0.15) is 11.5 Å². The van der Waals surface area contributed by atoms with Crippen molar-refractivity contribution in [1.29, 1.82) is 0 Å². The summed E-state index contributed by atoms with van der Waals surface area (Å²) in [5.74, 6) is 0.999. The SMILES string of the molecule is Cc1c(I)c(=O)n(C2CCCC2)c2nc(Nc3ccc(N4CCN(C(=O)O)CC4)cn3)ncc12. The first-order valence-corrected chi connectivity index (χ1v) is 12.5. The van der Waals surface area contributed by atoms with E-state index in [2.05, 4.69) is 42.8 Å². The third-order valence-electron chi connectivity index (χ3n) is 6.73. The van der Waals surface area contributed by atoms with Gasteiger partial charge in [0.2, 0.25) is 5.95 Å². The monoisotopic (exact) mass is 575 g/mol. The summed E-state index contributed by atoms with van der Waals surface area (Å²) in [6.45, 7) is 4.15. The molecule has 178 valence electrons. The first-order chi connectivity index (χ1) is 16.4. The van der Waals surface area contributed by atoms with E-state index in [1.165, 1.54) is 4.90 Å². The topological polar surface area (TPSA) is 116 Å². The number of carboxylic acid groups (broad SMARTS) is 1. The Kier molecular flexibility index (Phi) is 6.28. The van der Waals surface area contributed by atoms with Gasteiger partial charge in [0.05, 0.1) is 15.5 Å². The van der Waals surface area contributed by atoms with Crippen molar-refractivity contribution >= 4 is 57.2 Å². The smallest absolute Gasteiger partial charge is 0.407 e. The van der Waals surface area contributed by atoms with Gasteiger partial charge < -0.3 is 20.2 Å². The molecule has 0 bridgehead atoms. The van der Waals surface area contributed by atoms with Crippen LogP contribution in [-0.4, -0.2) is 61.8 Å². The zero-order chi connectivity index (χ0) is 23.8. The van der Waals surface area contributed by atoms with Gasteiger partial charge in [-0.05, 0) is 60.1 Å². The third kappa shape index (κ3) is 4.28. The molecule has 0 unspecified atom stereocenters. The molecule has 3 aromatic heterocycles. The van der Waals surface area contributed by atoms with E-state index in [-0.39, 0.29) is 11.6 Å². The molecule has 1 saturated carbocycles. The summed E-state index contributed by atoms with van der Waals surface area (Å²) >= 11 is 2.13. The van der Waals surface area contributed by atoms with E-state index in [1.807, 2.05) is 23.6 Å². The number of nitrogens with one attached hydrogen (secondary N) is 1. The maximum Gasteiger partial charge on any atom is 0.407 e. The van der Waals surface area contributed by atoms with Crippen LogP contribution in [0.5, 0.6) is 0 Å². The summed E-state index contributed by atoms with van der Waals surface area (Å²) in [7, 11) is 0. The van der Waals surface area contributed by atoms with Gasteiger partial charge in [-0.2, -0.15) is 4.98 Å². The van der Waals surface area contributed by atoms with E-state index in [0.29, 0.717) is 43.6 Å². The minimum atomic E-state index is -0.879. The van der Waals surface area contributed by atoms with Crippen LogP contribution >= 0.6 is 22.6 Å². The van der Waals surface area contributed by atoms with Crippen molar-refractivity contribution in [1.82, 2.24) is 24.4 Å². The fourth-order valence-electron chi connectivity index (χ4n) is 4.78. The van der Waals surface area contributed by atoms with Gasteiger partial charge in [-0.3, -0.25) is 9.36 Å². The van der Waals surface area contributed by atoms with Crippen LogP contribution in [0.15, 0.2) is 29.3 Å². The lowest BCUT2D eigenvalue weighted by molar-refractivity contribution is 0.142. The van der Waals surface area contributed by atoms with E-state index < -0.39 is 6.09 Å². The molecule has 1 saturated heterocycles. The number of rotatable bonds is 4. The Morgan fingerprint density at radius 1 is 1.12 bits per heavy atom. The van der Waals surface area contributed by atoms with Crippen LogP contribution in [0.1, 0.15) is 37.3 Å². The summed E-state index contributed by atoms with van der Waals surface area (Å²) in [5, 5.41) is 13.2. The summed E-state index contributed by atoms with van der Waals surface area (Å²) in [5.41, 5.74) is 2.54. The third-order valence-corrected chi connectivity index (χ3v) is 8.00. The van der Waals surface area contributed by atoms with Crippen LogP contribution in [-0.2, 0) is 0 Å². The van der Waals surface area contributed by atoms with Crippen LogP contribution in [0, 0.1) is 10.5 Å². The number of aromatic nitrogens is 4. The van der Waals surface area contributed by atoms with Crippen molar-refractivity contribution < 1.29 is 9.90 Å². The van der Waals surface area contributed by atoms with Crippen LogP contribution in [0.4, 0.5) is 22.2 Å². The quantitative estimate of drug-likeness (QED) is 0.452. The highest BCUT2D eigenvalue weighted by molar-refractivity contribution is 14.1. The van der Waals surface area contributed by atoms with Gasteiger partial charge in [-0.1, -0.05) is 12.8 Å². The number of amides is 1. The van der Waals surface area contributed by atoms with Crippen LogP contribution < -0.4 is 15.8 Å². The average Bonchev–Trinajstić information content (AvgIpc) is 3.38. The highest BCUT2D eigenvalue weighted by Gasteiger charge is 2.24. The van der Waals surface area contributed by atoms with Gasteiger partial charge in [0.25, 0.3) is 5.56 Å². The maximum atomic E-state index is 13.1. The second-order valence-electron chi connectivity index (χ2n) is 8.77. The highest BCUT2D eigenvalue weighted by atomic mass is 127. The molecular weight excluding hydrogens is 549 g/mol. The van der Waals surface area contributed by atoms with Gasteiger partial charge in [0, 0.05) is 43.8 Å². The summed E-state index contributed by atoms with van der Waals surface area (Å²) < 4.78 is 2.58. The number of carbonyl (C=O) groups is 1. The molecule has 34 heavy (non-hydrogen) atoms. The Bertz CT molecular complexity index is 1280. The summed E-state index contributed by atoms with van der Waals surface area (Å²) in [4.78, 5) is 41.5. The zero-order valence-electron chi connectivity index (χ0n) is 18.9. The minimum absolute atomic E-state index is 0.0209. The molecule has 4 heterocycles. The average molecular weight is 575 g/mol. The molecule has 10 nitrogen and oxygen atoms in total. The zero-order valence-corrected chi connectivity index (χ0v) is 21.0. The maximum absolute atomic E-state index is 13.1. The molecule has 2 aliphatic rings. The molecule has 2 fully saturated rings. The molecule has 1 amide bonds. The number of pyridine rings is 2. The van der Waals surface area contributed by atoms with E-state index in [1.54, 1.807) is 12.4 Å². The molecule has 5 rings (SSSR count). The van der Waals surface area contributed by atoms with Gasteiger partial charge in [-0.25, -0.2) is 14.8 Å². The van der Waals surface area contributed by atoms with Crippen molar-refractivity contribution in [2.24, 2.45) is 0 Å². The number of anilines is 3. The molecule has 0 atom stereocenters. The van der Waals surface area contributed by atoms with Crippen LogP contribution in [0.2, 0.25) is 0 Å². The van der Waals surface area contributed by atoms with Gasteiger partial charge >= 0.3 is 6.09 Å². The number of fused-ring (bicyclic) bond motifs is 1. The van der Waals surface area contributed by atoms with Crippen molar-refractivity contribution in [3.63, 3.8) is 0 Å². The van der Waals surface area contributed by atoms with E-state index in [4.69, 9.17) is 10.1 Å². The molecule has 0 spiro atoms. The second kappa shape index (κ2) is 9.35. The normalized spacial score (nSPS) is 16.9. The minimum Gasteiger partial charge on any atom is -0.465 e. The standard InChI is InChI=1S/C23H26IN7O3/c1-14-17-13-26-22(28-20(17)31(21(32)19(14)24)15-4-2-3-5-15)27-18-7-6-16(12-25-18)29-8-10-30(11-9-29)23(33)34/h6-7,12-13,15H,2-5,8-11H2,1H3,(H,33,34)(H,25,26,27,28). The highest BCUT2D eigenvalue weighted by Crippen LogP contribution is 2.32. The van der Waals surface area contributed by atoms with Gasteiger partial charge in [0.15, 0.2) is 0 Å². The molecule has 0 radical (unpaired) electrons. The summed E-state index contributed by atoms with van der Waals surface area (Å²) in [6.07, 6.45) is 6.90. The number of nitrogens with zero attached hydrogens (tertiary/aromatic N) is 6. The molecular formula is C23H26IN7O3. The largest absolute Gasteiger partial charge is 0.465 e. The fourth-order valence-corrected chi connectivity index (χ4v) is 5.33. The number of hydrogen-bond donors (Lipinski definition) is 2. The Hall–Kier alpha value is -2.96. The number of halogens is 1. The Morgan fingerprint density at radius 3 is 2.50 bits per heavy atom. The van der Waals surface area contributed by atoms with E-state index >= 15 is 0 Å². The molecule has 2 N–H and O–H groups in total. The summed E-state index contributed by atoms with van der Waals surface area (Å²) in [6, 6.07) is 3.98. The Morgan fingerprint density at radius 2 is 1.85 bits per heavy atom. The molecule has 0 aromatic carbocycles. The molecule has 1 aliphatic heterocycles. The first-order valence-electron chi connectivity index (χ1n) is 11.5. The first kappa shape index (κ1) is 22.8. The van der Waals surface area contributed by atoms with Crippen LogP contribution in [0.3, 0.4) is 0 Å². The lowest BCUT2D eigenvalue weighted by Gasteiger charge is -2.34. The number of aryl methyl sites for hydroxylation is 1. The second-order valence-corrected chi connectivity index (χ2v) is 9.85. The van der Waals surface area contributed by atoms with Crippen molar-refractivity contribution in [3.8, 4) is 0 Å². The molecule has 1 aliphatic carbocycles. The van der Waals surface area contributed by atoms with Crippen LogP contribution in [0.25, 0.3) is 11.0 Å². The van der Waals surface area contributed by atoms with E-state index in [9.17, 15) is 9.59 Å². The fraction of sp³-hybridized carbons (Fsp3) is 0.435. The Labute approximate surface area is 210 Å².